The predicted molar refractivity (Wildman–Crippen MR) is 272 cm³/mol. The fourth-order valence-electron chi connectivity index (χ4n) is 8.28. The van der Waals surface area contributed by atoms with Crippen LogP contribution < -0.4 is 5.32 Å². The van der Waals surface area contributed by atoms with Crippen LogP contribution in [0, 0.1) is 0 Å². The number of carbonyl (C=O) groups excluding carboxylic acids is 1. The summed E-state index contributed by atoms with van der Waals surface area (Å²) in [4.78, 5) is 13.2. The van der Waals surface area contributed by atoms with Gasteiger partial charge in [0.05, 0.1) is 32.0 Å². The first-order valence-electron chi connectivity index (χ1n) is 26.7. The molecule has 2 aliphatic rings. The van der Waals surface area contributed by atoms with Crippen molar-refractivity contribution in [2.75, 3.05) is 19.8 Å². The first kappa shape index (κ1) is 62.5. The van der Waals surface area contributed by atoms with Gasteiger partial charge >= 0.3 is 0 Å². The van der Waals surface area contributed by atoms with Gasteiger partial charge in [0.2, 0.25) is 5.91 Å². The van der Waals surface area contributed by atoms with Gasteiger partial charge in [-0.1, -0.05) is 164 Å². The van der Waals surface area contributed by atoms with E-state index in [4.69, 9.17) is 18.9 Å². The summed E-state index contributed by atoms with van der Waals surface area (Å²) in [5.74, 6) is -0.274. The average molecular weight is 978 g/mol. The Labute approximate surface area is 415 Å². The molecule has 12 atom stereocenters. The maximum absolute atomic E-state index is 13.2. The van der Waals surface area contributed by atoms with Crippen LogP contribution in [0.4, 0.5) is 0 Å². The monoisotopic (exact) mass is 978 g/mol. The fraction of sp³-hybridized carbons (Fsp3) is 0.764. The molecule has 0 aliphatic carbocycles. The molecule has 0 aromatic carbocycles. The molecule has 2 rings (SSSR count). The second-order valence-electron chi connectivity index (χ2n) is 18.6. The summed E-state index contributed by atoms with van der Waals surface area (Å²) in [6, 6.07) is -0.950. The number of unbranched alkanes of at least 4 members (excludes halogenated alkanes) is 17. The molecule has 2 heterocycles. The first-order chi connectivity index (χ1) is 33.6. The van der Waals surface area contributed by atoms with E-state index in [-0.39, 0.29) is 18.9 Å². The van der Waals surface area contributed by atoms with Crippen molar-refractivity contribution in [3.63, 3.8) is 0 Å². The largest absolute Gasteiger partial charge is 0.394 e. The van der Waals surface area contributed by atoms with Gasteiger partial charge in [-0.25, -0.2) is 0 Å². The van der Waals surface area contributed by atoms with Gasteiger partial charge in [0, 0.05) is 6.42 Å². The Morgan fingerprint density at radius 2 is 1.01 bits per heavy atom. The predicted octanol–water partition coefficient (Wildman–Crippen LogP) is 7.60. The highest BCUT2D eigenvalue weighted by Gasteiger charge is 2.51. The minimum atomic E-state index is -1.80. The minimum Gasteiger partial charge on any atom is -0.394 e. The smallest absolute Gasteiger partial charge is 0.220 e. The van der Waals surface area contributed by atoms with E-state index in [1.54, 1.807) is 6.08 Å². The second kappa shape index (κ2) is 41.0. The van der Waals surface area contributed by atoms with E-state index in [1.807, 2.05) is 6.08 Å². The number of hydrogen-bond acceptors (Lipinski definition) is 13. The molecule has 0 spiro atoms. The zero-order chi connectivity index (χ0) is 50.3. The third-order valence-electron chi connectivity index (χ3n) is 12.6. The van der Waals surface area contributed by atoms with Gasteiger partial charge in [-0.05, 0) is 77.0 Å². The maximum atomic E-state index is 13.2. The van der Waals surface area contributed by atoms with Crippen LogP contribution in [-0.2, 0) is 23.7 Å². The molecule has 2 aliphatic heterocycles. The van der Waals surface area contributed by atoms with Gasteiger partial charge in [-0.3, -0.25) is 4.79 Å². The summed E-state index contributed by atoms with van der Waals surface area (Å²) in [7, 11) is 0. The van der Waals surface area contributed by atoms with E-state index < -0.39 is 86.8 Å². The Balaban J connectivity index is 1.86. The maximum Gasteiger partial charge on any atom is 0.220 e. The minimum absolute atomic E-state index is 0.247. The number of ether oxygens (including phenoxy) is 4. The molecular formula is C55H95NO13. The number of rotatable bonds is 40. The van der Waals surface area contributed by atoms with Crippen LogP contribution in [0.25, 0.3) is 0 Å². The van der Waals surface area contributed by atoms with E-state index in [1.165, 1.54) is 64.2 Å². The fourth-order valence-corrected chi connectivity index (χ4v) is 8.28. The first-order valence-corrected chi connectivity index (χ1v) is 26.7. The SMILES string of the molecule is CC/C=C\C/C=C\C/C=C\CCCCCCCC(=O)NC(COC1OC(CO)C(OC2OC(CO)C(O)C(O)C2O)C(O)C1O)C(O)/C=C/CC/C=C/CC/C=C/CCCCCCCCCCCC. The van der Waals surface area contributed by atoms with Crippen molar-refractivity contribution in [2.24, 2.45) is 0 Å². The van der Waals surface area contributed by atoms with Gasteiger partial charge in [-0.2, -0.15) is 0 Å². The van der Waals surface area contributed by atoms with E-state index in [2.05, 4.69) is 79.9 Å². The van der Waals surface area contributed by atoms with E-state index >= 15 is 0 Å². The summed E-state index contributed by atoms with van der Waals surface area (Å²) in [6.45, 7) is 2.62. The van der Waals surface area contributed by atoms with Crippen molar-refractivity contribution < 1.29 is 64.6 Å². The van der Waals surface area contributed by atoms with Gasteiger partial charge in [-0.15, -0.1) is 0 Å². The number of aliphatic hydroxyl groups excluding tert-OH is 8. The highest BCUT2D eigenvalue weighted by Crippen LogP contribution is 2.30. The lowest BCUT2D eigenvalue weighted by atomic mass is 9.97. The summed E-state index contributed by atoms with van der Waals surface area (Å²) in [5, 5.41) is 86.8. The van der Waals surface area contributed by atoms with Crippen molar-refractivity contribution in [1.29, 1.82) is 0 Å². The molecule has 0 aromatic rings. The number of aliphatic hydroxyl groups is 8. The average Bonchev–Trinajstić information content (AvgIpc) is 3.35. The zero-order valence-corrected chi connectivity index (χ0v) is 42.3. The summed E-state index contributed by atoms with van der Waals surface area (Å²) < 4.78 is 22.7. The number of allylic oxidation sites excluding steroid dienone is 11. The normalized spacial score (nSPS) is 26.8. The van der Waals surface area contributed by atoms with Crippen molar-refractivity contribution >= 4 is 5.91 Å². The zero-order valence-electron chi connectivity index (χ0n) is 42.3. The Kier molecular flexibility index (Phi) is 37.1. The quantitative estimate of drug-likeness (QED) is 0.0213. The molecular weight excluding hydrogens is 883 g/mol. The third kappa shape index (κ3) is 27.7. The van der Waals surface area contributed by atoms with E-state index in [9.17, 15) is 45.6 Å². The number of nitrogens with one attached hydrogen (secondary N) is 1. The molecule has 2 fully saturated rings. The van der Waals surface area contributed by atoms with Crippen LogP contribution in [0.15, 0.2) is 72.9 Å². The number of amides is 1. The van der Waals surface area contributed by atoms with Gasteiger partial charge in [0.15, 0.2) is 12.6 Å². The van der Waals surface area contributed by atoms with Gasteiger partial charge < -0.3 is 65.1 Å². The summed E-state index contributed by atoms with van der Waals surface area (Å²) in [5.41, 5.74) is 0. The summed E-state index contributed by atoms with van der Waals surface area (Å²) in [6.07, 6.45) is 35.1. The highest BCUT2D eigenvalue weighted by molar-refractivity contribution is 5.76. The third-order valence-corrected chi connectivity index (χ3v) is 12.6. The van der Waals surface area contributed by atoms with Gasteiger partial charge in [0.25, 0.3) is 0 Å². The molecule has 69 heavy (non-hydrogen) atoms. The van der Waals surface area contributed by atoms with Crippen LogP contribution >= 0.6 is 0 Å². The number of carbonyl (C=O) groups is 1. The highest BCUT2D eigenvalue weighted by atomic mass is 16.7. The Hall–Kier alpha value is -2.57. The summed E-state index contributed by atoms with van der Waals surface area (Å²) >= 11 is 0. The van der Waals surface area contributed by atoms with Crippen LogP contribution in [0.1, 0.15) is 174 Å². The van der Waals surface area contributed by atoms with Crippen molar-refractivity contribution in [2.45, 2.75) is 248 Å². The van der Waals surface area contributed by atoms with E-state index in [0.29, 0.717) is 12.8 Å². The molecule has 14 heteroatoms. The van der Waals surface area contributed by atoms with Gasteiger partial charge in [0.1, 0.15) is 48.8 Å². The van der Waals surface area contributed by atoms with Crippen LogP contribution in [0.5, 0.6) is 0 Å². The van der Waals surface area contributed by atoms with Crippen LogP contribution in [-0.4, -0.2) is 140 Å². The van der Waals surface area contributed by atoms with Crippen LogP contribution in [0.3, 0.4) is 0 Å². The standard InChI is InChI=1S/C55H95NO13/c1-3-5-7-9-11-13-15-17-19-20-21-22-23-25-26-28-30-32-34-36-38-44(59)43(56-47(60)39-37-35-33-31-29-27-24-18-16-14-12-10-8-6-4-2)42-66-54-52(65)50(63)53(46(41-58)68-54)69-55-51(64)49(62)48(61)45(40-57)67-55/h6,8,12,14,18,22-24,28,30,36,38,43-46,48-55,57-59,61-65H,3-5,7,9-11,13,15-17,19-21,25-27,29,31-35,37,39-42H2,1-2H3,(H,56,60)/b8-6-,14-12-,23-22+,24-18-,30-28+,38-36+. The molecule has 0 saturated carbocycles. The molecule has 14 nitrogen and oxygen atoms in total. The molecule has 2 saturated heterocycles. The molecule has 0 aromatic heterocycles. The molecule has 12 unspecified atom stereocenters. The van der Waals surface area contributed by atoms with Crippen molar-refractivity contribution in [1.82, 2.24) is 5.32 Å². The lowest BCUT2D eigenvalue weighted by molar-refractivity contribution is -0.359. The second-order valence-corrected chi connectivity index (χ2v) is 18.6. The molecule has 0 bridgehead atoms. The van der Waals surface area contributed by atoms with E-state index in [0.717, 1.165) is 77.0 Å². The lowest BCUT2D eigenvalue weighted by Gasteiger charge is -2.46. The van der Waals surface area contributed by atoms with Crippen molar-refractivity contribution in [3.05, 3.63) is 72.9 Å². The molecule has 0 radical (unpaired) electrons. The Morgan fingerprint density at radius 1 is 0.536 bits per heavy atom. The molecule has 1 amide bonds. The Morgan fingerprint density at radius 3 is 1.59 bits per heavy atom. The van der Waals surface area contributed by atoms with Crippen LogP contribution in [0.2, 0.25) is 0 Å². The number of hydrogen-bond donors (Lipinski definition) is 9. The lowest BCUT2D eigenvalue weighted by Crippen LogP contribution is -2.65. The van der Waals surface area contributed by atoms with Crippen molar-refractivity contribution in [3.8, 4) is 0 Å². The topological polar surface area (TPSA) is 228 Å². The Bertz CT molecular complexity index is 1430. The molecule has 9 N–H and O–H groups in total. The molecule has 398 valence electrons.